The number of hydrogen-bond acceptors (Lipinski definition) is 7. The zero-order valence-electron chi connectivity index (χ0n) is 18.0. The Labute approximate surface area is 198 Å². The van der Waals surface area contributed by atoms with Gasteiger partial charge >= 0.3 is 0 Å². The Kier molecular flexibility index (Phi) is 4.88. The minimum absolute atomic E-state index is 0.0383. The summed E-state index contributed by atoms with van der Waals surface area (Å²) in [6, 6.07) is 12.2. The highest BCUT2D eigenvalue weighted by Crippen LogP contribution is 2.33. The van der Waals surface area contributed by atoms with Crippen LogP contribution in [0.3, 0.4) is 0 Å². The van der Waals surface area contributed by atoms with Crippen molar-refractivity contribution in [3.05, 3.63) is 77.1 Å². The predicted molar refractivity (Wildman–Crippen MR) is 124 cm³/mol. The Morgan fingerprint density at radius 3 is 2.88 bits per heavy atom. The van der Waals surface area contributed by atoms with Gasteiger partial charge in [-0.25, -0.2) is 18.8 Å². The lowest BCUT2D eigenvalue weighted by atomic mass is 9.98. The Morgan fingerprint density at radius 2 is 2.06 bits per heavy atom. The first-order valence-electron chi connectivity index (χ1n) is 10.6. The summed E-state index contributed by atoms with van der Waals surface area (Å²) in [5.74, 6) is 2.20. The number of halogens is 2. The van der Waals surface area contributed by atoms with E-state index < -0.39 is 5.82 Å². The number of hydrogen-bond donors (Lipinski definition) is 1. The van der Waals surface area contributed by atoms with Crippen molar-refractivity contribution < 1.29 is 9.13 Å². The summed E-state index contributed by atoms with van der Waals surface area (Å²) in [7, 11) is 1.84. The van der Waals surface area contributed by atoms with Gasteiger partial charge in [0.05, 0.1) is 22.8 Å². The van der Waals surface area contributed by atoms with Crippen LogP contribution >= 0.6 is 11.6 Å². The van der Waals surface area contributed by atoms with Crippen LogP contribution < -0.4 is 10.1 Å². The minimum Gasteiger partial charge on any atom is -0.478 e. The van der Waals surface area contributed by atoms with Crippen LogP contribution in [0.15, 0.2) is 54.9 Å². The standard InChI is InChI=1S/C23H18ClFN8O/c1-32-19(5-7-27-32)29-23-26-6-4-18(28-23)14-10-20-30-31-22-15(12-34-21(11-14)33(20)22)8-13-2-3-17(25)16(24)9-13/h2-7,9-11,15H,8,12H2,1H3,(H,26,28,29). The second-order valence-corrected chi connectivity index (χ2v) is 8.43. The maximum atomic E-state index is 13.5. The zero-order valence-corrected chi connectivity index (χ0v) is 18.7. The zero-order chi connectivity index (χ0) is 23.2. The number of rotatable bonds is 5. The first-order valence-corrected chi connectivity index (χ1v) is 11.0. The molecule has 6 rings (SSSR count). The van der Waals surface area contributed by atoms with E-state index in [1.54, 1.807) is 29.2 Å². The molecule has 0 bridgehead atoms. The summed E-state index contributed by atoms with van der Waals surface area (Å²) in [5, 5.41) is 16.2. The summed E-state index contributed by atoms with van der Waals surface area (Å²) in [6.45, 7) is 0.420. The molecule has 1 atom stereocenters. The first kappa shape index (κ1) is 20.5. The highest BCUT2D eigenvalue weighted by molar-refractivity contribution is 6.30. The Bertz CT molecular complexity index is 1530. The molecule has 0 saturated carbocycles. The number of nitrogens with one attached hydrogen (secondary N) is 1. The van der Waals surface area contributed by atoms with Gasteiger partial charge in [0.25, 0.3) is 0 Å². The quantitative estimate of drug-likeness (QED) is 0.406. The number of pyridine rings is 1. The van der Waals surface area contributed by atoms with E-state index in [0.717, 1.165) is 28.5 Å². The maximum Gasteiger partial charge on any atom is 0.228 e. The Balaban J connectivity index is 1.31. The van der Waals surface area contributed by atoms with Crippen molar-refractivity contribution in [1.82, 2.24) is 34.3 Å². The van der Waals surface area contributed by atoms with Crippen molar-refractivity contribution in [2.24, 2.45) is 7.05 Å². The highest BCUT2D eigenvalue weighted by atomic mass is 35.5. The van der Waals surface area contributed by atoms with Crippen LogP contribution in [0.2, 0.25) is 5.02 Å². The largest absolute Gasteiger partial charge is 0.478 e. The van der Waals surface area contributed by atoms with Crippen LogP contribution in [0.4, 0.5) is 16.2 Å². The molecule has 170 valence electrons. The molecule has 1 aromatic carbocycles. The van der Waals surface area contributed by atoms with Gasteiger partial charge in [0.15, 0.2) is 5.65 Å². The van der Waals surface area contributed by atoms with Crippen molar-refractivity contribution in [3.63, 3.8) is 0 Å². The Hall–Kier alpha value is -4.05. The molecule has 1 aliphatic heterocycles. The molecule has 0 radical (unpaired) electrons. The van der Waals surface area contributed by atoms with Crippen LogP contribution in [-0.4, -0.2) is 41.0 Å². The average Bonchev–Trinajstić information content (AvgIpc) is 3.45. The second kappa shape index (κ2) is 8.07. The number of aromatic nitrogens is 7. The number of nitrogens with zero attached hydrogens (tertiary/aromatic N) is 7. The lowest BCUT2D eigenvalue weighted by Gasteiger charge is -2.23. The van der Waals surface area contributed by atoms with E-state index >= 15 is 0 Å². The lowest BCUT2D eigenvalue weighted by Crippen LogP contribution is -2.22. The molecule has 9 nitrogen and oxygen atoms in total. The molecule has 1 aliphatic rings. The van der Waals surface area contributed by atoms with E-state index in [0.29, 0.717) is 30.5 Å². The lowest BCUT2D eigenvalue weighted by molar-refractivity contribution is 0.245. The maximum absolute atomic E-state index is 13.5. The molecular formula is C23H18ClFN8O. The van der Waals surface area contributed by atoms with E-state index in [-0.39, 0.29) is 10.9 Å². The first-order chi connectivity index (χ1) is 16.5. The smallest absolute Gasteiger partial charge is 0.228 e. The number of benzene rings is 1. The molecule has 0 aliphatic carbocycles. The van der Waals surface area contributed by atoms with Gasteiger partial charge in [-0.05, 0) is 36.2 Å². The van der Waals surface area contributed by atoms with Crippen LogP contribution in [0.1, 0.15) is 17.3 Å². The number of anilines is 2. The molecule has 0 fully saturated rings. The van der Waals surface area contributed by atoms with Crippen molar-refractivity contribution >= 4 is 29.0 Å². The van der Waals surface area contributed by atoms with E-state index in [1.807, 2.05) is 35.7 Å². The van der Waals surface area contributed by atoms with E-state index in [9.17, 15) is 4.39 Å². The van der Waals surface area contributed by atoms with Crippen LogP contribution in [-0.2, 0) is 13.5 Å². The summed E-state index contributed by atoms with van der Waals surface area (Å²) < 4.78 is 23.2. The topological polar surface area (TPSA) is 95.1 Å². The summed E-state index contributed by atoms with van der Waals surface area (Å²) in [4.78, 5) is 8.93. The van der Waals surface area contributed by atoms with Gasteiger partial charge in [-0.3, -0.25) is 4.68 Å². The van der Waals surface area contributed by atoms with E-state index in [4.69, 9.17) is 16.3 Å². The summed E-state index contributed by atoms with van der Waals surface area (Å²) in [6.07, 6.45) is 4.00. The van der Waals surface area contributed by atoms with Crippen LogP contribution in [0.5, 0.6) is 5.88 Å². The highest BCUT2D eigenvalue weighted by Gasteiger charge is 2.27. The number of aryl methyl sites for hydroxylation is 1. The summed E-state index contributed by atoms with van der Waals surface area (Å²) >= 11 is 5.95. The monoisotopic (exact) mass is 476 g/mol. The second-order valence-electron chi connectivity index (χ2n) is 8.03. The van der Waals surface area contributed by atoms with E-state index in [1.165, 1.54) is 6.07 Å². The molecule has 5 aromatic rings. The normalized spacial score (nSPS) is 14.9. The van der Waals surface area contributed by atoms with Crippen molar-refractivity contribution in [2.75, 3.05) is 11.9 Å². The molecule has 1 unspecified atom stereocenters. The molecule has 34 heavy (non-hydrogen) atoms. The van der Waals surface area contributed by atoms with Gasteiger partial charge < -0.3 is 10.1 Å². The van der Waals surface area contributed by atoms with E-state index in [2.05, 4.69) is 30.6 Å². The molecular weight excluding hydrogens is 459 g/mol. The van der Waals surface area contributed by atoms with Gasteiger partial charge in [-0.2, -0.15) is 5.10 Å². The van der Waals surface area contributed by atoms with Crippen molar-refractivity contribution in [2.45, 2.75) is 12.3 Å². The Morgan fingerprint density at radius 1 is 1.15 bits per heavy atom. The molecule has 4 aromatic heterocycles. The third kappa shape index (κ3) is 3.61. The molecule has 1 N–H and O–H groups in total. The molecule has 0 saturated heterocycles. The predicted octanol–water partition coefficient (Wildman–Crippen LogP) is 4.17. The molecule has 11 heteroatoms. The molecule has 5 heterocycles. The third-order valence-electron chi connectivity index (χ3n) is 5.77. The molecule has 0 spiro atoms. The minimum atomic E-state index is -0.434. The fourth-order valence-corrected chi connectivity index (χ4v) is 4.28. The van der Waals surface area contributed by atoms with Gasteiger partial charge in [0, 0.05) is 30.9 Å². The SMILES string of the molecule is Cn1nccc1Nc1nccc(-c2cc3n4c(nnc4c2)C(Cc2ccc(F)c(Cl)c2)CO3)n1. The fraction of sp³-hybridized carbons (Fsp3) is 0.174. The van der Waals surface area contributed by atoms with Gasteiger partial charge in [-0.1, -0.05) is 17.7 Å². The summed E-state index contributed by atoms with van der Waals surface area (Å²) in [5.41, 5.74) is 3.12. The van der Waals surface area contributed by atoms with Crippen LogP contribution in [0.25, 0.3) is 16.9 Å². The third-order valence-corrected chi connectivity index (χ3v) is 6.06. The van der Waals surface area contributed by atoms with Crippen molar-refractivity contribution in [3.8, 4) is 17.1 Å². The average molecular weight is 477 g/mol. The van der Waals surface area contributed by atoms with Crippen LogP contribution in [0, 0.1) is 5.82 Å². The van der Waals surface area contributed by atoms with Crippen molar-refractivity contribution in [1.29, 1.82) is 0 Å². The number of ether oxygens (including phenoxy) is 1. The van der Waals surface area contributed by atoms with Gasteiger partial charge in [0.1, 0.15) is 24.1 Å². The molecule has 0 amide bonds. The van der Waals surface area contributed by atoms with Gasteiger partial charge in [-0.15, -0.1) is 10.2 Å². The van der Waals surface area contributed by atoms with Gasteiger partial charge in [0.2, 0.25) is 11.8 Å². The fourth-order valence-electron chi connectivity index (χ4n) is 4.08.